The first-order valence-electron chi connectivity index (χ1n) is 37.4. The lowest BCUT2D eigenvalue weighted by Gasteiger charge is -2.38. The van der Waals surface area contributed by atoms with E-state index in [4.69, 9.17) is 4.74 Å². The third-order valence-electron chi connectivity index (χ3n) is 19.2. The summed E-state index contributed by atoms with van der Waals surface area (Å²) in [4.78, 5) is 189. The van der Waals surface area contributed by atoms with Gasteiger partial charge in [-0.3, -0.25) is 57.5 Å². The summed E-state index contributed by atoms with van der Waals surface area (Å²) in [6.45, 7) is 20.2. The minimum Gasteiger partial charge on any atom is -0.394 e. The Labute approximate surface area is 617 Å². The highest BCUT2D eigenvalue weighted by molar-refractivity contribution is 5.99. The lowest BCUT2D eigenvalue weighted by molar-refractivity contribution is -0.150. The Hall–Kier alpha value is -8.04. The lowest BCUT2D eigenvalue weighted by Crippen LogP contribution is -2.61. The molecule has 27 nitrogen and oxygen atoms in total. The van der Waals surface area contributed by atoms with Crippen molar-refractivity contribution in [2.45, 2.75) is 221 Å². The van der Waals surface area contributed by atoms with Crippen LogP contribution in [-0.4, -0.2) is 264 Å². The molecule has 2 aliphatic heterocycles. The van der Waals surface area contributed by atoms with Gasteiger partial charge in [0, 0.05) is 74.3 Å². The van der Waals surface area contributed by atoms with Crippen LogP contribution in [-0.2, 0) is 75.1 Å². The van der Waals surface area contributed by atoms with Crippen LogP contribution in [0.2, 0.25) is 0 Å². The van der Waals surface area contributed by atoms with E-state index in [-0.39, 0.29) is 94.3 Å². The molecule has 2 saturated heterocycles. The molecule has 0 saturated carbocycles. The van der Waals surface area contributed by atoms with Crippen molar-refractivity contribution in [2.75, 3.05) is 87.8 Å². The Kier molecular flexibility index (Phi) is 36.9. The van der Waals surface area contributed by atoms with E-state index in [2.05, 4.69) is 26.6 Å². The van der Waals surface area contributed by atoms with Gasteiger partial charge in [-0.2, -0.15) is 0 Å². The van der Waals surface area contributed by atoms with Gasteiger partial charge >= 0.3 is 0 Å². The number of carbonyl (C=O) groups is 12. The number of carbonyl (C=O) groups excluding carboxylic acids is 12. The van der Waals surface area contributed by atoms with E-state index in [0.717, 1.165) is 6.42 Å². The number of benzene rings is 2. The molecule has 582 valence electrons. The predicted molar refractivity (Wildman–Crippen MR) is 396 cm³/mol. The van der Waals surface area contributed by atoms with Crippen LogP contribution in [0.15, 0.2) is 60.7 Å². The standard InChI is InChI=1S/C77H124N12O15/c1-18-32-89-46-66(93)83(13)60(39-50(6)7)69(95)80-58(38-49(4)5)74(100)87(17)64(43-55-30-24-20-25-31-55)76(102)86(16)61(40-51(8)9)70(96)81-59(75(101)88-33-26-21-27-34-88)44-65(92)79-57(37-48(2)3)73(99)85(15)63(42-54-28-22-19-23-29-54)68(94)78-45-56(47-104-36-35-90)72(98)84(14)62(41-52(10)11)71(97)82-67(53(12)91)77(89)103/h19-20,22-25,28-31,48-53,56-64,67,90-91H,18,21,26-27,32-47H2,1-17H3,(H,78,94)(H,79,92)(H,80,95)(H,81,96)(H,82,97)/t53-,56+,57?,58+,59+,60+,61+,62+,63+,64+,67+/m1/s1. The summed E-state index contributed by atoms with van der Waals surface area (Å²) in [6, 6.07) is 5.72. The molecular formula is C77H124N12O15. The maximum Gasteiger partial charge on any atom is 0.248 e. The highest BCUT2D eigenvalue weighted by Crippen LogP contribution is 2.24. The van der Waals surface area contributed by atoms with E-state index in [1.165, 1.54) is 71.6 Å². The fourth-order valence-electron chi connectivity index (χ4n) is 13.3. The molecule has 2 aromatic carbocycles. The summed E-state index contributed by atoms with van der Waals surface area (Å²) in [5.74, 6) is -10.9. The average molecular weight is 1460 g/mol. The molecule has 0 radical (unpaired) electrons. The first-order valence-corrected chi connectivity index (χ1v) is 37.4. The van der Waals surface area contributed by atoms with E-state index in [1.807, 2.05) is 69.2 Å². The van der Waals surface area contributed by atoms with E-state index >= 15 is 24.0 Å². The van der Waals surface area contributed by atoms with Crippen LogP contribution in [0.25, 0.3) is 0 Å². The average Bonchev–Trinajstić information content (AvgIpc) is 0.813. The van der Waals surface area contributed by atoms with Crippen LogP contribution in [0.1, 0.15) is 158 Å². The van der Waals surface area contributed by atoms with E-state index in [1.54, 1.807) is 72.5 Å². The number of nitrogens with one attached hydrogen (secondary N) is 5. The Morgan fingerprint density at radius 1 is 0.510 bits per heavy atom. The van der Waals surface area contributed by atoms with Crippen LogP contribution in [0, 0.1) is 35.5 Å². The van der Waals surface area contributed by atoms with Crippen LogP contribution in [0.5, 0.6) is 0 Å². The van der Waals surface area contributed by atoms with Gasteiger partial charge in [0.25, 0.3) is 0 Å². The van der Waals surface area contributed by atoms with E-state index < -0.39 is 163 Å². The second-order valence-corrected chi connectivity index (χ2v) is 30.5. The second kappa shape index (κ2) is 43.4. The highest BCUT2D eigenvalue weighted by atomic mass is 16.5. The molecule has 27 heteroatoms. The minimum absolute atomic E-state index is 0.0317. The first kappa shape index (κ1) is 88.4. The number of rotatable bonds is 22. The number of piperidine rings is 1. The largest absolute Gasteiger partial charge is 0.394 e. The van der Waals surface area contributed by atoms with E-state index in [9.17, 15) is 43.8 Å². The van der Waals surface area contributed by atoms with Crippen molar-refractivity contribution in [1.29, 1.82) is 0 Å². The van der Waals surface area contributed by atoms with Crippen molar-refractivity contribution in [3.63, 3.8) is 0 Å². The monoisotopic (exact) mass is 1460 g/mol. The van der Waals surface area contributed by atoms with Gasteiger partial charge in [0.2, 0.25) is 70.9 Å². The summed E-state index contributed by atoms with van der Waals surface area (Å²) in [5, 5.41) is 35.4. The van der Waals surface area contributed by atoms with Crippen LogP contribution in [0.4, 0.5) is 0 Å². The van der Waals surface area contributed by atoms with Crippen molar-refractivity contribution in [1.82, 2.24) is 60.9 Å². The van der Waals surface area contributed by atoms with Crippen molar-refractivity contribution < 1.29 is 72.5 Å². The maximum absolute atomic E-state index is 15.6. The molecule has 104 heavy (non-hydrogen) atoms. The number of likely N-dealkylation sites (tertiary alicyclic amines) is 1. The van der Waals surface area contributed by atoms with Crippen molar-refractivity contribution >= 4 is 70.9 Å². The van der Waals surface area contributed by atoms with Gasteiger partial charge in [0.05, 0.1) is 44.8 Å². The molecule has 2 aliphatic rings. The first-order chi connectivity index (χ1) is 49.0. The van der Waals surface area contributed by atoms with Gasteiger partial charge in [0.15, 0.2) is 0 Å². The van der Waals surface area contributed by atoms with Crippen LogP contribution >= 0.6 is 0 Å². The minimum atomic E-state index is -1.66. The molecule has 0 spiro atoms. The maximum atomic E-state index is 15.6. The van der Waals surface area contributed by atoms with E-state index in [0.29, 0.717) is 43.5 Å². The zero-order valence-electron chi connectivity index (χ0n) is 65.0. The second-order valence-electron chi connectivity index (χ2n) is 30.5. The smallest absolute Gasteiger partial charge is 0.248 e. The molecule has 7 N–H and O–H groups in total. The molecule has 2 heterocycles. The number of hydrogen-bond donors (Lipinski definition) is 7. The Balaban J connectivity index is 2.00. The number of hydrogen-bond acceptors (Lipinski definition) is 15. The summed E-state index contributed by atoms with van der Waals surface area (Å²) in [5.41, 5.74) is 1.31. The summed E-state index contributed by atoms with van der Waals surface area (Å²) >= 11 is 0. The normalized spacial score (nSPS) is 24.6. The number of aliphatic hydroxyl groups is 2. The Morgan fingerprint density at radius 2 is 0.952 bits per heavy atom. The molecule has 11 atom stereocenters. The van der Waals surface area contributed by atoms with Crippen LogP contribution < -0.4 is 26.6 Å². The molecule has 2 fully saturated rings. The third-order valence-corrected chi connectivity index (χ3v) is 19.2. The number of ether oxygens (including phenoxy) is 1. The zero-order valence-corrected chi connectivity index (χ0v) is 65.0. The van der Waals surface area contributed by atoms with Crippen molar-refractivity contribution in [3.8, 4) is 0 Å². The highest BCUT2D eigenvalue weighted by Gasteiger charge is 2.43. The number of nitrogens with zero attached hydrogens (tertiary/aromatic N) is 7. The van der Waals surface area contributed by atoms with Crippen molar-refractivity contribution in [3.05, 3.63) is 71.8 Å². The van der Waals surface area contributed by atoms with Gasteiger partial charge < -0.3 is 75.8 Å². The molecule has 0 bridgehead atoms. The molecule has 12 amide bonds. The van der Waals surface area contributed by atoms with Gasteiger partial charge in [-0.05, 0) is 105 Å². The quantitative estimate of drug-likeness (QED) is 0.0829. The van der Waals surface area contributed by atoms with Gasteiger partial charge in [-0.1, -0.05) is 137 Å². The molecule has 2 aromatic rings. The molecule has 0 aliphatic carbocycles. The number of aliphatic hydroxyl groups excluding tert-OH is 2. The fraction of sp³-hybridized carbons (Fsp3) is 0.688. The SMILES string of the molecule is CCCN1CC(=O)N(C)[C@@H](CC(C)C)C(=O)N[C@@H](CC(C)C)C(=O)N(C)[C@@H](Cc2ccccc2)C(=O)N(C)[C@@H](CC(C)C)C(=O)N[C@H](C(=O)N2CCCCC2)CC(=O)NC(CC(C)C)C(=O)N(C)[C@@H](Cc2ccccc2)C(=O)NC[C@@H](COCCO)C(=O)N(C)[C@@H](CC(C)C)C(=O)N[C@@H]([C@@H](C)O)C1=O. The van der Waals surface area contributed by atoms with Crippen LogP contribution in [0.3, 0.4) is 0 Å². The topological polar surface area (TPSA) is 337 Å². The molecule has 4 rings (SSSR count). The molecular weight excluding hydrogens is 1330 g/mol. The predicted octanol–water partition coefficient (Wildman–Crippen LogP) is 3.55. The zero-order chi connectivity index (χ0) is 77.8. The number of amides is 12. The third kappa shape index (κ3) is 27.1. The summed E-state index contributed by atoms with van der Waals surface area (Å²) < 4.78 is 5.73. The molecule has 1 unspecified atom stereocenters. The van der Waals surface area contributed by atoms with Gasteiger partial charge in [-0.25, -0.2) is 0 Å². The number of likely N-dealkylation sites (N-methyl/N-ethyl adjacent to an activating group) is 5. The lowest BCUT2D eigenvalue weighted by atomic mass is 9.96. The summed E-state index contributed by atoms with van der Waals surface area (Å²) in [6.07, 6.45) is 0.603. The van der Waals surface area contributed by atoms with Gasteiger partial charge in [-0.15, -0.1) is 0 Å². The summed E-state index contributed by atoms with van der Waals surface area (Å²) in [7, 11) is 7.11. The molecule has 0 aromatic heterocycles. The van der Waals surface area contributed by atoms with Crippen molar-refractivity contribution in [2.24, 2.45) is 35.5 Å². The fourth-order valence-corrected chi connectivity index (χ4v) is 13.3. The Bertz CT molecular complexity index is 3130. The Morgan fingerprint density at radius 3 is 1.43 bits per heavy atom. The van der Waals surface area contributed by atoms with Gasteiger partial charge in [0.1, 0.15) is 54.4 Å².